The summed E-state index contributed by atoms with van der Waals surface area (Å²) in [6.07, 6.45) is 11.5. The summed E-state index contributed by atoms with van der Waals surface area (Å²) < 4.78 is 25.7. The van der Waals surface area contributed by atoms with E-state index < -0.39 is 10.0 Å². The van der Waals surface area contributed by atoms with Gasteiger partial charge in [-0.15, -0.1) is 0 Å². The lowest BCUT2D eigenvalue weighted by Gasteiger charge is -1.94. The Balaban J connectivity index is 2.61. The number of rotatable bonds is 0. The van der Waals surface area contributed by atoms with Crippen LogP contribution in [0.15, 0.2) is 59.2 Å². The molecule has 0 amide bonds. The lowest BCUT2D eigenvalue weighted by Crippen LogP contribution is -2.13. The summed E-state index contributed by atoms with van der Waals surface area (Å²) in [5.41, 5.74) is 1.07. The van der Waals surface area contributed by atoms with Crippen molar-refractivity contribution in [2.45, 2.75) is 6.42 Å². The van der Waals surface area contributed by atoms with Crippen LogP contribution in [0.3, 0.4) is 0 Å². The molecule has 15 heavy (non-hydrogen) atoms. The lowest BCUT2D eigenvalue weighted by atomic mass is 10.1. The molecule has 1 saturated heterocycles. The molecule has 1 fully saturated rings. The molecule has 1 N–H and O–H groups in total. The summed E-state index contributed by atoms with van der Waals surface area (Å²) in [7, 11) is -3.39. The third-order valence-corrected chi connectivity index (χ3v) is 3.66. The van der Waals surface area contributed by atoms with Crippen LogP contribution in [0.1, 0.15) is 6.42 Å². The van der Waals surface area contributed by atoms with Crippen LogP contribution in [-0.4, -0.2) is 8.42 Å². The minimum Gasteiger partial charge on any atom is -0.279 e. The second-order valence-electron chi connectivity index (χ2n) is 3.29. The van der Waals surface area contributed by atoms with Crippen molar-refractivity contribution in [1.82, 2.24) is 4.72 Å². The van der Waals surface area contributed by atoms with Gasteiger partial charge in [-0.05, 0) is 18.6 Å². The maximum Gasteiger partial charge on any atom is 0.262 e. The predicted octanol–water partition coefficient (Wildman–Crippen LogP) is 1.76. The van der Waals surface area contributed by atoms with Gasteiger partial charge in [0.1, 0.15) is 0 Å². The summed E-state index contributed by atoms with van der Waals surface area (Å²) in [5, 5.41) is 0. The Morgan fingerprint density at radius 1 is 1.20 bits per heavy atom. The van der Waals surface area contributed by atoms with Gasteiger partial charge in [0.25, 0.3) is 10.0 Å². The van der Waals surface area contributed by atoms with Gasteiger partial charge < -0.3 is 0 Å². The van der Waals surface area contributed by atoms with Crippen molar-refractivity contribution in [3.63, 3.8) is 0 Å². The van der Waals surface area contributed by atoms with Crippen LogP contribution in [0.25, 0.3) is 0 Å². The van der Waals surface area contributed by atoms with Crippen molar-refractivity contribution in [2.75, 3.05) is 0 Å². The molecule has 2 rings (SSSR count). The normalized spacial score (nSPS) is 34.3. The standard InChI is InChI=1S/C11H11NO2S/c1-9-10-7-5-3-2-4-6-8-11(9)15(13,14)12-10/h3-8,12H,1-2H2/b5-3-,6-4-,10-7+,11-8+. The molecular weight excluding hydrogens is 210 g/mol. The Morgan fingerprint density at radius 3 is 2.60 bits per heavy atom. The van der Waals surface area contributed by atoms with Crippen molar-refractivity contribution in [3.05, 3.63) is 59.2 Å². The van der Waals surface area contributed by atoms with E-state index >= 15 is 0 Å². The maximum absolute atomic E-state index is 11.6. The third kappa shape index (κ3) is 1.80. The molecule has 3 nitrogen and oxygen atoms in total. The molecule has 0 radical (unpaired) electrons. The number of nitrogens with one attached hydrogen (secondary N) is 1. The first-order valence-electron chi connectivity index (χ1n) is 4.57. The van der Waals surface area contributed by atoms with Crippen LogP contribution in [0.2, 0.25) is 0 Å². The highest BCUT2D eigenvalue weighted by Gasteiger charge is 2.30. The first-order valence-corrected chi connectivity index (χ1v) is 6.06. The van der Waals surface area contributed by atoms with E-state index in [0.29, 0.717) is 11.3 Å². The Hall–Kier alpha value is -1.55. The second kappa shape index (κ2) is 3.55. The number of sulfonamides is 1. The molecule has 1 aliphatic heterocycles. The van der Waals surface area contributed by atoms with Crippen molar-refractivity contribution in [1.29, 1.82) is 0 Å². The summed E-state index contributed by atoms with van der Waals surface area (Å²) in [6.45, 7) is 3.76. The Bertz CT molecular complexity index is 519. The van der Waals surface area contributed by atoms with Crippen LogP contribution in [0.4, 0.5) is 0 Å². The van der Waals surface area contributed by atoms with Gasteiger partial charge >= 0.3 is 0 Å². The summed E-state index contributed by atoms with van der Waals surface area (Å²) >= 11 is 0. The summed E-state index contributed by atoms with van der Waals surface area (Å²) in [6, 6.07) is 0. The SMILES string of the molecule is C=C1/C2=C\C=C/C/C=C\C=C/1S(=O)(=O)N2. The predicted molar refractivity (Wildman–Crippen MR) is 60.3 cm³/mol. The molecule has 0 aromatic carbocycles. The van der Waals surface area contributed by atoms with E-state index in [-0.39, 0.29) is 4.91 Å². The number of hydrogen-bond acceptors (Lipinski definition) is 2. The van der Waals surface area contributed by atoms with E-state index in [0.717, 1.165) is 6.42 Å². The first-order chi connectivity index (χ1) is 7.11. The molecule has 0 atom stereocenters. The smallest absolute Gasteiger partial charge is 0.262 e. The molecule has 0 aromatic heterocycles. The molecule has 1 aliphatic carbocycles. The lowest BCUT2D eigenvalue weighted by molar-refractivity contribution is 0.599. The summed E-state index contributed by atoms with van der Waals surface area (Å²) in [4.78, 5) is 0.250. The van der Waals surface area contributed by atoms with Gasteiger partial charge in [0.15, 0.2) is 0 Å². The zero-order chi connectivity index (χ0) is 10.9. The highest BCUT2D eigenvalue weighted by molar-refractivity contribution is 7.94. The molecule has 0 saturated carbocycles. The van der Waals surface area contributed by atoms with Crippen molar-refractivity contribution in [2.24, 2.45) is 0 Å². The third-order valence-electron chi connectivity index (χ3n) is 2.21. The van der Waals surface area contributed by atoms with Crippen molar-refractivity contribution in [3.8, 4) is 0 Å². The highest BCUT2D eigenvalue weighted by Crippen LogP contribution is 2.29. The van der Waals surface area contributed by atoms with Crippen LogP contribution in [0, 0.1) is 0 Å². The second-order valence-corrected chi connectivity index (χ2v) is 4.94. The number of hydrogen-bond donors (Lipinski definition) is 1. The Kier molecular flexibility index (Phi) is 2.36. The van der Waals surface area contributed by atoms with Crippen LogP contribution in [-0.2, 0) is 10.0 Å². The van der Waals surface area contributed by atoms with E-state index in [1.807, 2.05) is 18.2 Å². The highest BCUT2D eigenvalue weighted by atomic mass is 32.2. The molecule has 0 spiro atoms. The minimum absolute atomic E-state index is 0.250. The molecule has 1 heterocycles. The zero-order valence-corrected chi connectivity index (χ0v) is 8.92. The minimum atomic E-state index is -3.39. The first kappa shape index (κ1) is 9.98. The fourth-order valence-corrected chi connectivity index (χ4v) is 2.72. The summed E-state index contributed by atoms with van der Waals surface area (Å²) in [5.74, 6) is 0. The molecule has 4 heteroatoms. The topological polar surface area (TPSA) is 46.2 Å². The van der Waals surface area contributed by atoms with Crippen LogP contribution >= 0.6 is 0 Å². The van der Waals surface area contributed by atoms with Gasteiger partial charge in [0, 0.05) is 5.57 Å². The molecular formula is C11H11NO2S. The average Bonchev–Trinajstić information content (AvgIpc) is 2.39. The van der Waals surface area contributed by atoms with Gasteiger partial charge in [-0.1, -0.05) is 30.9 Å². The molecule has 2 bridgehead atoms. The van der Waals surface area contributed by atoms with E-state index in [1.54, 1.807) is 18.2 Å². The van der Waals surface area contributed by atoms with Crippen LogP contribution < -0.4 is 4.72 Å². The monoisotopic (exact) mass is 221 g/mol. The van der Waals surface area contributed by atoms with Gasteiger partial charge in [-0.2, -0.15) is 0 Å². The van der Waals surface area contributed by atoms with Gasteiger partial charge in [-0.3, -0.25) is 4.72 Å². The average molecular weight is 221 g/mol. The Morgan fingerprint density at radius 2 is 1.87 bits per heavy atom. The van der Waals surface area contributed by atoms with Gasteiger partial charge in [-0.25, -0.2) is 8.42 Å². The molecule has 78 valence electrons. The fourth-order valence-electron chi connectivity index (χ4n) is 1.44. The van der Waals surface area contributed by atoms with Gasteiger partial charge in [0.05, 0.1) is 10.6 Å². The quantitative estimate of drug-likeness (QED) is 0.677. The molecule has 2 aliphatic rings. The van der Waals surface area contributed by atoms with E-state index in [9.17, 15) is 8.42 Å². The largest absolute Gasteiger partial charge is 0.279 e. The van der Waals surface area contributed by atoms with Crippen LogP contribution in [0.5, 0.6) is 0 Å². The number of fused-ring (bicyclic) bond motifs is 2. The number of allylic oxidation sites excluding steroid dienone is 7. The fraction of sp³-hybridized carbons (Fsp3) is 0.0909. The van der Waals surface area contributed by atoms with E-state index in [4.69, 9.17) is 0 Å². The van der Waals surface area contributed by atoms with Gasteiger partial charge in [0.2, 0.25) is 0 Å². The molecule has 0 aromatic rings. The molecule has 0 unspecified atom stereocenters. The van der Waals surface area contributed by atoms with E-state index in [2.05, 4.69) is 11.3 Å². The Labute approximate surface area is 89.2 Å². The van der Waals surface area contributed by atoms with Crippen molar-refractivity contribution >= 4 is 10.0 Å². The zero-order valence-electron chi connectivity index (χ0n) is 8.10. The van der Waals surface area contributed by atoms with Crippen molar-refractivity contribution < 1.29 is 8.42 Å². The van der Waals surface area contributed by atoms with E-state index in [1.165, 1.54) is 0 Å². The maximum atomic E-state index is 11.6.